The molecule has 0 radical (unpaired) electrons. The van der Waals surface area contributed by atoms with Gasteiger partial charge in [-0.05, 0) is 0 Å². The van der Waals surface area contributed by atoms with Crippen LogP contribution in [0.15, 0.2) is 0 Å². The Morgan fingerprint density at radius 2 is 0.889 bits per heavy atom. The summed E-state index contributed by atoms with van der Waals surface area (Å²) in [6.07, 6.45) is 0. The molecule has 0 heterocycles. The molecule has 0 aromatic carbocycles. The van der Waals surface area contributed by atoms with Crippen molar-refractivity contribution in [3.63, 3.8) is 0 Å². The van der Waals surface area contributed by atoms with Crippen LogP contribution in [-0.4, -0.2) is 104 Å². The van der Waals surface area contributed by atoms with Crippen LogP contribution in [0.3, 0.4) is 0 Å². The van der Waals surface area contributed by atoms with Crippen LogP contribution < -0.4 is 0 Å². The predicted octanol–water partition coefficient (Wildman–Crippen LogP) is -3.75. The average molecular weight is 212 g/mol. The standard InChI is InChI=1S/2Ca.H2O4S.2H2O/c;;1-5(2,3)4;;/h;;(H2,1,2,3,4);2*1H2/q2*+2;;;/p-2. The molecule has 0 aromatic rings. The maximum atomic E-state index is 8.52. The van der Waals surface area contributed by atoms with Crippen molar-refractivity contribution in [3.8, 4) is 0 Å². The summed E-state index contributed by atoms with van der Waals surface area (Å²) in [7, 11) is -5.17. The van der Waals surface area contributed by atoms with Crippen molar-refractivity contribution in [1.82, 2.24) is 0 Å². The molecule has 0 aliphatic rings. The first kappa shape index (κ1) is 30.2. The summed E-state index contributed by atoms with van der Waals surface area (Å²) < 4.78 is 34.1. The maximum Gasteiger partial charge on any atom is 2.00 e. The van der Waals surface area contributed by atoms with E-state index >= 15 is 0 Å². The van der Waals surface area contributed by atoms with E-state index < -0.39 is 10.4 Å². The Morgan fingerprint density at radius 3 is 0.889 bits per heavy atom. The first-order valence-electron chi connectivity index (χ1n) is 0.667. The van der Waals surface area contributed by atoms with E-state index in [1.54, 1.807) is 0 Å². The van der Waals surface area contributed by atoms with Crippen LogP contribution in [0, 0.1) is 0 Å². The molecule has 6 nitrogen and oxygen atoms in total. The Morgan fingerprint density at radius 1 is 0.889 bits per heavy atom. The molecule has 0 unspecified atom stereocenters. The zero-order chi connectivity index (χ0) is 4.50. The number of hydrogen-bond acceptors (Lipinski definition) is 4. The van der Waals surface area contributed by atoms with Gasteiger partial charge in [-0.3, -0.25) is 8.42 Å². The summed E-state index contributed by atoms with van der Waals surface area (Å²) in [5.74, 6) is 0. The Kier molecular flexibility index (Phi) is 43.4. The fraction of sp³-hybridized carbons (Fsp3) is 0. The summed E-state index contributed by atoms with van der Waals surface area (Å²) in [4.78, 5) is 0. The molecule has 0 bridgehead atoms. The normalized spacial score (nSPS) is 6.44. The monoisotopic (exact) mass is 212 g/mol. The molecule has 0 aliphatic carbocycles. The zero-order valence-corrected chi connectivity index (χ0v) is 9.69. The van der Waals surface area contributed by atoms with Crippen molar-refractivity contribution in [1.29, 1.82) is 0 Å². The van der Waals surface area contributed by atoms with E-state index in [0.717, 1.165) is 0 Å². The zero-order valence-electron chi connectivity index (χ0n) is 4.46. The van der Waals surface area contributed by atoms with E-state index in [0.29, 0.717) is 0 Å². The van der Waals surface area contributed by atoms with Crippen molar-refractivity contribution < 1.29 is 28.5 Å². The van der Waals surface area contributed by atoms with E-state index in [-0.39, 0.29) is 86.4 Å². The average Bonchev–Trinajstić information content (AvgIpc) is 0.722. The summed E-state index contributed by atoms with van der Waals surface area (Å²) in [6, 6.07) is 0. The molecule has 0 aromatic heterocycles. The molecular weight excluding hydrogens is 208 g/mol. The van der Waals surface area contributed by atoms with Crippen LogP contribution in [-0.2, 0) is 10.4 Å². The Hall–Kier alpha value is 2.31. The second kappa shape index (κ2) is 12.9. The van der Waals surface area contributed by atoms with E-state index in [9.17, 15) is 0 Å². The van der Waals surface area contributed by atoms with E-state index in [1.807, 2.05) is 0 Å². The molecule has 0 amide bonds. The van der Waals surface area contributed by atoms with E-state index in [4.69, 9.17) is 17.5 Å². The maximum absolute atomic E-state index is 8.52. The fourth-order valence-corrected chi connectivity index (χ4v) is 0. The van der Waals surface area contributed by atoms with Crippen LogP contribution in [0.5, 0.6) is 0 Å². The van der Waals surface area contributed by atoms with Gasteiger partial charge in [-0.15, -0.1) is 0 Å². The van der Waals surface area contributed by atoms with Crippen molar-refractivity contribution in [3.05, 3.63) is 0 Å². The molecule has 0 saturated carbocycles. The SMILES string of the molecule is O.O.O=S(=O)([O-])[O-].[Ca+2].[Ca+2]. The fourth-order valence-electron chi connectivity index (χ4n) is 0. The number of rotatable bonds is 0. The topological polar surface area (TPSA) is 143 Å². The third kappa shape index (κ3) is 133. The first-order valence-corrected chi connectivity index (χ1v) is 2.00. The third-order valence-corrected chi connectivity index (χ3v) is 0. The van der Waals surface area contributed by atoms with Gasteiger partial charge in [-0.1, -0.05) is 0 Å². The van der Waals surface area contributed by atoms with Gasteiger partial charge in [0.15, 0.2) is 0 Å². The predicted molar refractivity (Wildman–Crippen MR) is 29.2 cm³/mol. The van der Waals surface area contributed by atoms with Crippen molar-refractivity contribution >= 4 is 85.9 Å². The molecule has 0 fully saturated rings. The second-order valence-corrected chi connectivity index (χ2v) is 1.22. The summed E-state index contributed by atoms with van der Waals surface area (Å²) in [6.45, 7) is 0. The Balaban J connectivity index is -0.0000000133. The van der Waals surface area contributed by atoms with Crippen molar-refractivity contribution in [2.45, 2.75) is 0 Å². The Bertz CT molecular complexity index is 94.2. The minimum Gasteiger partial charge on any atom is -0.759 e. The van der Waals surface area contributed by atoms with Crippen LogP contribution in [0.4, 0.5) is 0 Å². The van der Waals surface area contributed by atoms with Gasteiger partial charge in [0.25, 0.3) is 0 Å². The van der Waals surface area contributed by atoms with Gasteiger partial charge in [0.1, 0.15) is 0 Å². The smallest absolute Gasteiger partial charge is 0.759 e. The van der Waals surface area contributed by atoms with Crippen LogP contribution >= 0.6 is 0 Å². The molecular formula is H4Ca2O6S+2. The van der Waals surface area contributed by atoms with E-state index in [1.165, 1.54) is 0 Å². The van der Waals surface area contributed by atoms with Crippen LogP contribution in [0.2, 0.25) is 0 Å². The Labute approximate surface area is 112 Å². The van der Waals surface area contributed by atoms with Gasteiger partial charge in [0.2, 0.25) is 0 Å². The molecule has 0 saturated heterocycles. The molecule has 0 aliphatic heterocycles. The van der Waals surface area contributed by atoms with E-state index in [2.05, 4.69) is 0 Å². The second-order valence-electron chi connectivity index (χ2n) is 0.408. The number of hydrogen-bond donors (Lipinski definition) is 0. The molecule has 9 heavy (non-hydrogen) atoms. The van der Waals surface area contributed by atoms with Gasteiger partial charge >= 0.3 is 75.5 Å². The quantitative estimate of drug-likeness (QED) is 0.231. The summed E-state index contributed by atoms with van der Waals surface area (Å²) in [5.41, 5.74) is 0. The largest absolute Gasteiger partial charge is 2.00 e. The van der Waals surface area contributed by atoms with Gasteiger partial charge in [-0.25, -0.2) is 0 Å². The van der Waals surface area contributed by atoms with Crippen LogP contribution in [0.1, 0.15) is 0 Å². The molecule has 0 spiro atoms. The molecule has 48 valence electrons. The van der Waals surface area contributed by atoms with Gasteiger partial charge in [0, 0.05) is 10.4 Å². The van der Waals surface area contributed by atoms with Gasteiger partial charge < -0.3 is 20.1 Å². The van der Waals surface area contributed by atoms with Gasteiger partial charge in [0.05, 0.1) is 0 Å². The summed E-state index contributed by atoms with van der Waals surface area (Å²) in [5, 5.41) is 0. The van der Waals surface area contributed by atoms with Crippen molar-refractivity contribution in [2.24, 2.45) is 0 Å². The third-order valence-electron chi connectivity index (χ3n) is 0. The van der Waals surface area contributed by atoms with Crippen molar-refractivity contribution in [2.75, 3.05) is 0 Å². The van der Waals surface area contributed by atoms with Crippen LogP contribution in [0.25, 0.3) is 0 Å². The minimum atomic E-state index is -5.17. The molecule has 0 atom stereocenters. The first-order chi connectivity index (χ1) is 2.00. The molecule has 0 rings (SSSR count). The summed E-state index contributed by atoms with van der Waals surface area (Å²) >= 11 is 0. The molecule has 9 heteroatoms. The van der Waals surface area contributed by atoms with Gasteiger partial charge in [-0.2, -0.15) is 0 Å². The molecule has 4 N–H and O–H groups in total. The minimum absolute atomic E-state index is 0.